The molecule has 4 nitrogen and oxygen atoms in total. The molecule has 31 heavy (non-hydrogen) atoms. The number of aliphatic hydroxyl groups is 2. The highest BCUT2D eigenvalue weighted by Gasteiger charge is 2.61. The zero-order chi connectivity index (χ0) is 22.1. The first-order chi connectivity index (χ1) is 14.7. The summed E-state index contributed by atoms with van der Waals surface area (Å²) in [5.41, 5.74) is 5.13. The molecule has 4 aliphatic carbocycles. The third-order valence-electron chi connectivity index (χ3n) is 10.6. The first-order valence-electron chi connectivity index (χ1n) is 12.8. The molecule has 4 heteroatoms. The molecule has 1 aromatic rings. The maximum atomic E-state index is 11.5. The third-order valence-corrected chi connectivity index (χ3v) is 10.6. The summed E-state index contributed by atoms with van der Waals surface area (Å²) in [6.07, 6.45) is 11.0. The number of hydrogen-bond donors (Lipinski definition) is 2. The fraction of sp³-hybridized carbons (Fsp3) is 0.815. The molecule has 0 aromatic carbocycles. The molecule has 4 fully saturated rings. The highest BCUT2D eigenvalue weighted by Crippen LogP contribution is 2.67. The first kappa shape index (κ1) is 21.7. The lowest BCUT2D eigenvalue weighted by atomic mass is 9.45. The summed E-state index contributed by atoms with van der Waals surface area (Å²) in [5, 5.41) is 26.5. The van der Waals surface area contributed by atoms with Crippen molar-refractivity contribution < 1.29 is 10.2 Å². The molecule has 4 saturated carbocycles. The van der Waals surface area contributed by atoms with Crippen molar-refractivity contribution >= 4 is 6.08 Å². The molecular formula is C27H42N2O2. The van der Waals surface area contributed by atoms with Gasteiger partial charge in [0.15, 0.2) is 0 Å². The Kier molecular flexibility index (Phi) is 5.21. The summed E-state index contributed by atoms with van der Waals surface area (Å²) in [4.78, 5) is 0. The first-order valence-corrected chi connectivity index (χ1v) is 12.8. The van der Waals surface area contributed by atoms with E-state index < -0.39 is 0 Å². The summed E-state index contributed by atoms with van der Waals surface area (Å²) in [5.74, 6) is 2.75. The molecule has 1 aromatic heterocycles. The van der Waals surface area contributed by atoms with Gasteiger partial charge in [-0.1, -0.05) is 13.8 Å². The van der Waals surface area contributed by atoms with Gasteiger partial charge >= 0.3 is 0 Å². The average molecular weight is 427 g/mol. The fourth-order valence-electron chi connectivity index (χ4n) is 8.65. The van der Waals surface area contributed by atoms with Gasteiger partial charge in [0.1, 0.15) is 0 Å². The van der Waals surface area contributed by atoms with E-state index in [9.17, 15) is 10.2 Å². The molecule has 0 amide bonds. The Morgan fingerprint density at radius 3 is 2.48 bits per heavy atom. The molecule has 0 saturated heterocycles. The van der Waals surface area contributed by atoms with Crippen LogP contribution in [0.4, 0.5) is 0 Å². The van der Waals surface area contributed by atoms with E-state index in [-0.39, 0.29) is 17.6 Å². The summed E-state index contributed by atoms with van der Waals surface area (Å²) < 4.78 is 2.08. The van der Waals surface area contributed by atoms with Gasteiger partial charge in [-0.15, -0.1) is 0 Å². The van der Waals surface area contributed by atoms with Gasteiger partial charge in [-0.05, 0) is 113 Å². The second-order valence-corrected chi connectivity index (χ2v) is 11.9. The lowest BCUT2D eigenvalue weighted by Gasteiger charge is -2.60. The Bertz CT molecular complexity index is 888. The number of aryl methyl sites for hydroxylation is 2. The summed E-state index contributed by atoms with van der Waals surface area (Å²) in [6, 6.07) is 0. The summed E-state index contributed by atoms with van der Waals surface area (Å²) in [7, 11) is 0. The zero-order valence-electron chi connectivity index (χ0n) is 20.2. The van der Waals surface area contributed by atoms with Gasteiger partial charge in [-0.2, -0.15) is 5.10 Å². The topological polar surface area (TPSA) is 58.3 Å². The quantitative estimate of drug-likeness (QED) is 0.677. The summed E-state index contributed by atoms with van der Waals surface area (Å²) >= 11 is 0. The monoisotopic (exact) mass is 426 g/mol. The molecule has 2 N–H and O–H groups in total. The molecule has 0 spiro atoms. The van der Waals surface area contributed by atoms with Crippen molar-refractivity contribution in [2.45, 2.75) is 105 Å². The standard InChI is InChI=1S/C27H42N2O2/c1-6-29-17(3)22(16(2)28-29)13-18-14-24-21-8-7-19-15-20(30)9-11-26(19,4)23(21)10-12-27(24,5)25(18)31/h13,19-21,23-25,30-31H,6-12,14-15H2,1-5H3/b18-13+/t19-,20-,21-,23+,24+,25-,26-,27-/m0/s1. The smallest absolute Gasteiger partial charge is 0.0809 e. The predicted molar refractivity (Wildman–Crippen MR) is 124 cm³/mol. The molecule has 172 valence electrons. The van der Waals surface area contributed by atoms with E-state index in [0.717, 1.165) is 49.8 Å². The maximum Gasteiger partial charge on any atom is 0.0809 e. The highest BCUT2D eigenvalue weighted by molar-refractivity contribution is 5.59. The largest absolute Gasteiger partial charge is 0.393 e. The van der Waals surface area contributed by atoms with Gasteiger partial charge in [0, 0.05) is 23.2 Å². The van der Waals surface area contributed by atoms with Crippen LogP contribution in [0, 0.1) is 48.3 Å². The molecule has 0 radical (unpaired) electrons. The molecule has 0 aliphatic heterocycles. The maximum absolute atomic E-state index is 11.5. The normalized spacial score (nSPS) is 46.0. The van der Waals surface area contributed by atoms with Crippen LogP contribution in [-0.4, -0.2) is 32.2 Å². The van der Waals surface area contributed by atoms with Crippen molar-refractivity contribution in [3.8, 4) is 0 Å². The molecule has 1 heterocycles. The number of nitrogens with zero attached hydrogens (tertiary/aromatic N) is 2. The molecule has 8 atom stereocenters. The van der Waals surface area contributed by atoms with Gasteiger partial charge in [0.2, 0.25) is 0 Å². The Morgan fingerprint density at radius 1 is 1.03 bits per heavy atom. The van der Waals surface area contributed by atoms with E-state index in [1.807, 2.05) is 0 Å². The zero-order valence-corrected chi connectivity index (χ0v) is 20.2. The van der Waals surface area contributed by atoms with Crippen LogP contribution in [-0.2, 0) is 6.54 Å². The van der Waals surface area contributed by atoms with E-state index in [2.05, 4.69) is 45.4 Å². The SMILES string of the molecule is CCn1nc(C)c(/C=C2\C[C@@H]3[C@H]4CC[C@H]5C[C@@H](O)CC[C@]5(C)[C@@H]4CC[C@]3(C)[C@H]2O)c1C. The van der Waals surface area contributed by atoms with Crippen molar-refractivity contribution in [3.63, 3.8) is 0 Å². The van der Waals surface area contributed by atoms with Crippen LogP contribution in [0.25, 0.3) is 6.08 Å². The number of fused-ring (bicyclic) bond motifs is 5. The van der Waals surface area contributed by atoms with Crippen LogP contribution in [0.3, 0.4) is 0 Å². The van der Waals surface area contributed by atoms with Gasteiger partial charge in [0.25, 0.3) is 0 Å². The molecule has 5 rings (SSSR count). The van der Waals surface area contributed by atoms with Crippen LogP contribution in [0.2, 0.25) is 0 Å². The Hall–Kier alpha value is -1.13. The minimum absolute atomic E-state index is 0.00688. The number of rotatable bonds is 2. The van der Waals surface area contributed by atoms with Crippen molar-refractivity contribution in [2.24, 2.45) is 34.5 Å². The van der Waals surface area contributed by atoms with Crippen molar-refractivity contribution in [1.29, 1.82) is 0 Å². The van der Waals surface area contributed by atoms with E-state index >= 15 is 0 Å². The second-order valence-electron chi connectivity index (χ2n) is 11.9. The van der Waals surface area contributed by atoms with Crippen LogP contribution in [0.5, 0.6) is 0 Å². The van der Waals surface area contributed by atoms with Gasteiger partial charge in [-0.25, -0.2) is 0 Å². The number of aliphatic hydroxyl groups excluding tert-OH is 2. The van der Waals surface area contributed by atoms with E-state index in [4.69, 9.17) is 5.10 Å². The van der Waals surface area contributed by atoms with Gasteiger partial charge in [0.05, 0.1) is 17.9 Å². The lowest BCUT2D eigenvalue weighted by Crippen LogP contribution is -2.54. The van der Waals surface area contributed by atoms with Crippen LogP contribution < -0.4 is 0 Å². The number of aromatic nitrogens is 2. The minimum Gasteiger partial charge on any atom is -0.393 e. The van der Waals surface area contributed by atoms with Crippen molar-refractivity contribution in [1.82, 2.24) is 9.78 Å². The van der Waals surface area contributed by atoms with E-state index in [0.29, 0.717) is 17.3 Å². The number of hydrogen-bond acceptors (Lipinski definition) is 3. The van der Waals surface area contributed by atoms with E-state index in [1.54, 1.807) is 0 Å². The minimum atomic E-state index is -0.332. The van der Waals surface area contributed by atoms with Crippen LogP contribution in [0.15, 0.2) is 5.57 Å². The predicted octanol–water partition coefficient (Wildman–Crippen LogP) is 5.28. The Balaban J connectivity index is 1.46. The highest BCUT2D eigenvalue weighted by atomic mass is 16.3. The van der Waals surface area contributed by atoms with E-state index in [1.165, 1.54) is 42.5 Å². The Morgan fingerprint density at radius 2 is 1.77 bits per heavy atom. The molecular weight excluding hydrogens is 384 g/mol. The van der Waals surface area contributed by atoms with Crippen LogP contribution in [0.1, 0.15) is 89.1 Å². The van der Waals surface area contributed by atoms with Crippen LogP contribution >= 0.6 is 0 Å². The molecule has 0 unspecified atom stereocenters. The van der Waals surface area contributed by atoms with Crippen molar-refractivity contribution in [2.75, 3.05) is 0 Å². The lowest BCUT2D eigenvalue weighted by molar-refractivity contribution is -0.133. The average Bonchev–Trinajstić information content (AvgIpc) is 3.16. The molecule has 4 aliphatic rings. The van der Waals surface area contributed by atoms with Gasteiger partial charge in [-0.3, -0.25) is 4.68 Å². The fourth-order valence-corrected chi connectivity index (χ4v) is 8.65. The van der Waals surface area contributed by atoms with Crippen molar-refractivity contribution in [3.05, 3.63) is 22.5 Å². The molecule has 0 bridgehead atoms. The summed E-state index contributed by atoms with van der Waals surface area (Å²) in [6.45, 7) is 12.2. The Labute approximate surface area is 188 Å². The third kappa shape index (κ3) is 3.11. The van der Waals surface area contributed by atoms with Gasteiger partial charge < -0.3 is 10.2 Å². The second kappa shape index (κ2) is 7.45.